The summed E-state index contributed by atoms with van der Waals surface area (Å²) in [4.78, 5) is 11.4. The third-order valence-electron chi connectivity index (χ3n) is 6.59. The van der Waals surface area contributed by atoms with E-state index in [4.69, 9.17) is 9.47 Å². The van der Waals surface area contributed by atoms with Gasteiger partial charge in [-0.1, -0.05) is 20.8 Å². The van der Waals surface area contributed by atoms with Crippen molar-refractivity contribution in [2.24, 2.45) is 23.2 Å². The zero-order valence-electron chi connectivity index (χ0n) is 14.1. The molecule has 0 radical (unpaired) electrons. The van der Waals surface area contributed by atoms with Crippen molar-refractivity contribution in [2.45, 2.75) is 77.5 Å². The van der Waals surface area contributed by atoms with Crippen LogP contribution in [0.15, 0.2) is 0 Å². The number of rotatable bonds is 2. The van der Waals surface area contributed by atoms with Crippen molar-refractivity contribution in [2.75, 3.05) is 0 Å². The molecule has 2 bridgehead atoms. The SMILES string of the molecule is CC(=O)O[C@H]1C[C@]2(O)O[C@@H]([C@H]3[C@H](C(C)C)CC[C@]32C)[C@@]1(C)O. The molecule has 0 aromatic carbocycles. The fourth-order valence-electron chi connectivity index (χ4n) is 5.23. The summed E-state index contributed by atoms with van der Waals surface area (Å²) in [7, 11) is 0. The second-order valence-electron chi connectivity index (χ2n) is 8.24. The predicted molar refractivity (Wildman–Crippen MR) is 79.8 cm³/mol. The molecule has 0 unspecified atom stereocenters. The fraction of sp³-hybridized carbons (Fsp3) is 0.941. The van der Waals surface area contributed by atoms with Crippen LogP contribution in [-0.4, -0.2) is 39.8 Å². The van der Waals surface area contributed by atoms with Gasteiger partial charge in [-0.05, 0) is 31.6 Å². The molecule has 2 heterocycles. The highest BCUT2D eigenvalue weighted by molar-refractivity contribution is 5.66. The Morgan fingerprint density at radius 3 is 2.50 bits per heavy atom. The largest absolute Gasteiger partial charge is 0.459 e. The topological polar surface area (TPSA) is 76.0 Å². The Hall–Kier alpha value is -0.650. The lowest BCUT2D eigenvalue weighted by atomic mass is 9.69. The van der Waals surface area contributed by atoms with E-state index in [-0.39, 0.29) is 12.3 Å². The van der Waals surface area contributed by atoms with Gasteiger partial charge in [0.05, 0.1) is 6.10 Å². The van der Waals surface area contributed by atoms with Crippen molar-refractivity contribution in [1.29, 1.82) is 0 Å². The second kappa shape index (κ2) is 4.68. The fourth-order valence-corrected chi connectivity index (χ4v) is 5.23. The first-order chi connectivity index (χ1) is 10.0. The van der Waals surface area contributed by atoms with Gasteiger partial charge in [-0.2, -0.15) is 0 Å². The van der Waals surface area contributed by atoms with Crippen molar-refractivity contribution in [1.82, 2.24) is 0 Å². The minimum absolute atomic E-state index is 0.0769. The van der Waals surface area contributed by atoms with Crippen LogP contribution >= 0.6 is 0 Å². The van der Waals surface area contributed by atoms with Crippen molar-refractivity contribution in [3.63, 3.8) is 0 Å². The van der Waals surface area contributed by atoms with Gasteiger partial charge in [0.2, 0.25) is 0 Å². The lowest BCUT2D eigenvalue weighted by molar-refractivity contribution is -0.316. The normalized spacial score (nSPS) is 53.6. The van der Waals surface area contributed by atoms with Crippen LogP contribution in [0.25, 0.3) is 0 Å². The number of hydrogen-bond acceptors (Lipinski definition) is 5. The minimum atomic E-state index is -1.33. The Bertz CT molecular complexity index is 487. The van der Waals surface area contributed by atoms with Crippen molar-refractivity contribution in [3.8, 4) is 0 Å². The zero-order chi connectivity index (χ0) is 16.5. The zero-order valence-corrected chi connectivity index (χ0v) is 14.1. The molecule has 0 aromatic heterocycles. The molecule has 7 atom stereocenters. The maximum Gasteiger partial charge on any atom is 0.303 e. The lowest BCUT2D eigenvalue weighted by Gasteiger charge is -2.46. The molecule has 3 aliphatic rings. The molecule has 0 spiro atoms. The van der Waals surface area contributed by atoms with Gasteiger partial charge >= 0.3 is 5.97 Å². The molecule has 2 saturated heterocycles. The molecule has 3 rings (SSSR count). The molecule has 22 heavy (non-hydrogen) atoms. The van der Waals surface area contributed by atoms with Crippen LogP contribution in [0.2, 0.25) is 0 Å². The van der Waals surface area contributed by atoms with Gasteiger partial charge in [-0.15, -0.1) is 0 Å². The van der Waals surface area contributed by atoms with Crippen LogP contribution in [0.5, 0.6) is 0 Å². The highest BCUT2D eigenvalue weighted by Crippen LogP contribution is 2.67. The average molecular weight is 312 g/mol. The summed E-state index contributed by atoms with van der Waals surface area (Å²) in [5.41, 5.74) is -1.68. The molecule has 5 heteroatoms. The smallest absolute Gasteiger partial charge is 0.303 e. The molecule has 1 aliphatic carbocycles. The van der Waals surface area contributed by atoms with E-state index in [1.54, 1.807) is 6.92 Å². The highest BCUT2D eigenvalue weighted by Gasteiger charge is 2.74. The number of aliphatic hydroxyl groups is 2. The molecular formula is C17H28O5. The molecular weight excluding hydrogens is 284 g/mol. The van der Waals surface area contributed by atoms with Crippen LogP contribution in [0.3, 0.4) is 0 Å². The van der Waals surface area contributed by atoms with Gasteiger partial charge in [0, 0.05) is 24.7 Å². The Morgan fingerprint density at radius 2 is 1.95 bits per heavy atom. The molecule has 0 aromatic rings. The maximum atomic E-state index is 11.4. The first-order valence-corrected chi connectivity index (χ1v) is 8.33. The maximum absolute atomic E-state index is 11.4. The van der Waals surface area contributed by atoms with Crippen LogP contribution in [-0.2, 0) is 14.3 Å². The molecule has 126 valence electrons. The van der Waals surface area contributed by atoms with Gasteiger partial charge in [0.25, 0.3) is 0 Å². The van der Waals surface area contributed by atoms with E-state index in [0.717, 1.165) is 12.8 Å². The summed E-state index contributed by atoms with van der Waals surface area (Å²) in [5.74, 6) is -0.833. The predicted octanol–water partition coefficient (Wildman–Crippen LogP) is 1.85. The number of fused-ring (bicyclic) bond motifs is 5. The first-order valence-electron chi connectivity index (χ1n) is 8.33. The Kier molecular flexibility index (Phi) is 3.45. The van der Waals surface area contributed by atoms with Gasteiger partial charge in [0.1, 0.15) is 11.7 Å². The molecule has 3 fully saturated rings. The summed E-state index contributed by atoms with van der Waals surface area (Å²) in [6.45, 7) is 9.43. The standard InChI is InChI=1S/C17H28O5/c1-9(2)11-6-7-15(4)13(11)14-16(5,19)12(21-10(3)18)8-17(15,20)22-14/h9,11-14,19-20H,6-8H2,1-5H3/t11-,12-,13+,14-,15+,16-,17-/m0/s1. The number of carbonyl (C=O) groups is 1. The van der Waals surface area contributed by atoms with Crippen molar-refractivity contribution in [3.05, 3.63) is 0 Å². The van der Waals surface area contributed by atoms with E-state index in [0.29, 0.717) is 11.8 Å². The van der Waals surface area contributed by atoms with E-state index >= 15 is 0 Å². The van der Waals surface area contributed by atoms with E-state index in [9.17, 15) is 15.0 Å². The van der Waals surface area contributed by atoms with E-state index < -0.39 is 35.0 Å². The summed E-state index contributed by atoms with van der Waals surface area (Å²) in [6, 6.07) is 0. The van der Waals surface area contributed by atoms with E-state index in [2.05, 4.69) is 20.8 Å². The molecule has 0 amide bonds. The van der Waals surface area contributed by atoms with Crippen LogP contribution < -0.4 is 0 Å². The number of esters is 1. The Labute approximate surface area is 132 Å². The summed E-state index contributed by atoms with van der Waals surface area (Å²) in [6.07, 6.45) is 0.805. The number of carbonyl (C=O) groups excluding carboxylic acids is 1. The lowest BCUT2D eigenvalue weighted by Crippen LogP contribution is -2.60. The number of hydrogen-bond donors (Lipinski definition) is 2. The molecule has 2 N–H and O–H groups in total. The summed E-state index contributed by atoms with van der Waals surface area (Å²) < 4.78 is 11.3. The monoisotopic (exact) mass is 312 g/mol. The van der Waals surface area contributed by atoms with Crippen LogP contribution in [0.4, 0.5) is 0 Å². The van der Waals surface area contributed by atoms with Crippen molar-refractivity contribution >= 4 is 5.97 Å². The Morgan fingerprint density at radius 1 is 1.32 bits per heavy atom. The van der Waals surface area contributed by atoms with Gasteiger partial charge in [-0.3, -0.25) is 4.79 Å². The molecule has 2 aliphatic heterocycles. The van der Waals surface area contributed by atoms with Gasteiger partial charge in [-0.25, -0.2) is 0 Å². The highest BCUT2D eigenvalue weighted by atomic mass is 16.7. The van der Waals surface area contributed by atoms with E-state index in [1.807, 2.05) is 0 Å². The molecule has 1 saturated carbocycles. The van der Waals surface area contributed by atoms with Gasteiger partial charge < -0.3 is 19.7 Å². The molecule has 5 nitrogen and oxygen atoms in total. The minimum Gasteiger partial charge on any atom is -0.459 e. The van der Waals surface area contributed by atoms with Crippen LogP contribution in [0, 0.1) is 23.2 Å². The summed E-state index contributed by atoms with van der Waals surface area (Å²) in [5, 5.41) is 22.2. The van der Waals surface area contributed by atoms with Gasteiger partial charge in [0.15, 0.2) is 5.79 Å². The third kappa shape index (κ3) is 1.91. The Balaban J connectivity index is 2.02. The quantitative estimate of drug-likeness (QED) is 0.761. The van der Waals surface area contributed by atoms with Crippen LogP contribution in [0.1, 0.15) is 53.9 Å². The number of ether oxygens (including phenoxy) is 2. The van der Waals surface area contributed by atoms with E-state index in [1.165, 1.54) is 6.92 Å². The first kappa shape index (κ1) is 16.2. The second-order valence-corrected chi connectivity index (χ2v) is 8.24. The summed E-state index contributed by atoms with van der Waals surface area (Å²) >= 11 is 0. The van der Waals surface area contributed by atoms with Crippen molar-refractivity contribution < 1.29 is 24.5 Å². The average Bonchev–Trinajstić information content (AvgIpc) is 2.81. The third-order valence-corrected chi connectivity index (χ3v) is 6.59.